The maximum Gasteiger partial charge on any atom is 0.337 e. The lowest BCUT2D eigenvalue weighted by Gasteiger charge is -2.63. The third kappa shape index (κ3) is 5.38. The predicted octanol–water partition coefficient (Wildman–Crippen LogP) is 6.03. The molecule has 0 spiro atoms. The first kappa shape index (κ1) is 28.6. The fraction of sp³-hybridized carbons (Fsp3) is 0.576. The summed E-state index contributed by atoms with van der Waals surface area (Å²) in [5.41, 5.74) is 2.40. The number of hydrogen-bond donors (Lipinski definition) is 0. The summed E-state index contributed by atoms with van der Waals surface area (Å²) in [6, 6.07) is 7.34. The van der Waals surface area contributed by atoms with Gasteiger partial charge in [0, 0.05) is 11.5 Å². The average Bonchev–Trinajstić information content (AvgIpc) is 3.26. The van der Waals surface area contributed by atoms with Crippen LogP contribution in [0.1, 0.15) is 65.4 Å². The van der Waals surface area contributed by atoms with Crippen LogP contribution in [0.4, 0.5) is 0 Å². The van der Waals surface area contributed by atoms with Crippen LogP contribution in [0.5, 0.6) is 5.75 Å². The van der Waals surface area contributed by atoms with E-state index in [1.807, 2.05) is 44.2 Å². The van der Waals surface area contributed by atoms with Gasteiger partial charge in [0.25, 0.3) is 0 Å². The molecule has 0 unspecified atom stereocenters. The fourth-order valence-electron chi connectivity index (χ4n) is 7.57. The van der Waals surface area contributed by atoms with Crippen LogP contribution in [0.3, 0.4) is 0 Å². The van der Waals surface area contributed by atoms with E-state index in [0.29, 0.717) is 24.5 Å². The summed E-state index contributed by atoms with van der Waals surface area (Å²) in [7, 11) is 1.60. The van der Waals surface area contributed by atoms with Gasteiger partial charge in [0.2, 0.25) is 0 Å². The Hall–Kier alpha value is -2.90. The van der Waals surface area contributed by atoms with E-state index in [-0.39, 0.29) is 29.5 Å². The van der Waals surface area contributed by atoms with Crippen LogP contribution in [0.2, 0.25) is 0 Å². The van der Waals surface area contributed by atoms with Gasteiger partial charge >= 0.3 is 11.9 Å². The molecule has 216 valence electrons. The van der Waals surface area contributed by atoms with Crippen molar-refractivity contribution in [2.75, 3.05) is 20.3 Å². The minimum absolute atomic E-state index is 0.00162. The van der Waals surface area contributed by atoms with Crippen LogP contribution >= 0.6 is 0 Å². The van der Waals surface area contributed by atoms with Gasteiger partial charge in [-0.15, -0.1) is 0 Å². The van der Waals surface area contributed by atoms with Gasteiger partial charge in [-0.05, 0) is 87.0 Å². The van der Waals surface area contributed by atoms with Gasteiger partial charge in [-0.1, -0.05) is 44.2 Å². The van der Waals surface area contributed by atoms with E-state index in [4.69, 9.17) is 23.7 Å². The first-order chi connectivity index (χ1) is 18.9. The van der Waals surface area contributed by atoms with Crippen molar-refractivity contribution in [3.63, 3.8) is 0 Å². The van der Waals surface area contributed by atoms with Gasteiger partial charge < -0.3 is 23.7 Å². The van der Waals surface area contributed by atoms with Crippen LogP contribution in [-0.4, -0.2) is 50.3 Å². The maximum absolute atomic E-state index is 12.7. The number of esters is 2. The number of rotatable bonds is 6. The second-order valence-electron chi connectivity index (χ2n) is 12.7. The topological polar surface area (TPSA) is 80.3 Å². The Morgan fingerprint density at radius 3 is 2.60 bits per heavy atom. The normalized spacial score (nSPS) is 36.2. The zero-order valence-electron chi connectivity index (χ0n) is 24.4. The van der Waals surface area contributed by atoms with E-state index in [2.05, 4.69) is 20.4 Å². The molecule has 6 atom stereocenters. The van der Waals surface area contributed by atoms with E-state index in [1.165, 1.54) is 11.6 Å². The number of carbonyl (C=O) groups is 2. The third-order valence-corrected chi connectivity index (χ3v) is 9.78. The number of methoxy groups -OCH3 is 1. The Morgan fingerprint density at radius 1 is 1.12 bits per heavy atom. The second-order valence-corrected chi connectivity index (χ2v) is 12.7. The quantitative estimate of drug-likeness (QED) is 0.243. The van der Waals surface area contributed by atoms with E-state index in [0.717, 1.165) is 37.0 Å². The lowest BCUT2D eigenvalue weighted by atomic mass is 9.46. The van der Waals surface area contributed by atoms with Crippen molar-refractivity contribution in [1.29, 1.82) is 0 Å². The molecule has 1 aromatic rings. The summed E-state index contributed by atoms with van der Waals surface area (Å²) in [6.07, 6.45) is 9.06. The van der Waals surface area contributed by atoms with Gasteiger partial charge in [-0.2, -0.15) is 0 Å². The molecule has 7 heteroatoms. The number of carbonyl (C=O) groups excluding carboxylic acids is 2. The third-order valence-electron chi connectivity index (χ3n) is 9.78. The standard InChI is InChI=1S/C33H42O7/c1-21-7-15-27-32(4,18-17-28-33(27,5)20-38-31(2,3)40-28)25(21)14-13-24-26(19-37-30(24)35)39-29(34)16-10-22-8-11-23(36-6)12-9-22/h8-13,16,25-28H,1,7,14-15,17-20H2,2-6H3/b16-10+,24-13+/t25-,26-,27+,28-,32+,33+/m1/s1. The minimum atomic E-state index is -0.725. The van der Waals surface area contributed by atoms with Gasteiger partial charge in [0.1, 0.15) is 12.4 Å². The Labute approximate surface area is 237 Å². The molecule has 0 bridgehead atoms. The van der Waals surface area contributed by atoms with Crippen molar-refractivity contribution in [3.05, 3.63) is 59.7 Å². The molecular formula is C33H42O7. The number of hydrogen-bond acceptors (Lipinski definition) is 7. The highest BCUT2D eigenvalue weighted by Crippen LogP contribution is 2.63. The number of allylic oxidation sites excluding steroid dienone is 2. The molecule has 40 heavy (non-hydrogen) atoms. The summed E-state index contributed by atoms with van der Waals surface area (Å²) in [4.78, 5) is 25.2. The molecule has 0 aromatic heterocycles. The molecule has 2 aliphatic heterocycles. The van der Waals surface area contributed by atoms with Crippen molar-refractivity contribution in [1.82, 2.24) is 0 Å². The van der Waals surface area contributed by atoms with Crippen molar-refractivity contribution < 1.29 is 33.3 Å². The first-order valence-corrected chi connectivity index (χ1v) is 14.3. The minimum Gasteiger partial charge on any atom is -0.497 e. The molecule has 2 aliphatic carbocycles. The number of cyclic esters (lactones) is 1. The molecule has 2 heterocycles. The fourth-order valence-corrected chi connectivity index (χ4v) is 7.57. The van der Waals surface area contributed by atoms with Crippen LogP contribution in [0, 0.1) is 22.7 Å². The molecule has 1 aromatic carbocycles. The lowest BCUT2D eigenvalue weighted by molar-refractivity contribution is -0.344. The Kier molecular flexibility index (Phi) is 7.75. The first-order valence-electron chi connectivity index (χ1n) is 14.3. The number of ether oxygens (including phenoxy) is 5. The van der Waals surface area contributed by atoms with E-state index >= 15 is 0 Å². The predicted molar refractivity (Wildman–Crippen MR) is 151 cm³/mol. The van der Waals surface area contributed by atoms with Gasteiger partial charge in [-0.3, -0.25) is 0 Å². The smallest absolute Gasteiger partial charge is 0.337 e. The van der Waals surface area contributed by atoms with Gasteiger partial charge in [0.15, 0.2) is 11.9 Å². The SMILES string of the molecule is C=C1CC[C@@H]2[C@]3(C)COC(C)(C)O[C@@H]3CC[C@@]2(C)[C@@H]1C/C=C1/C(=O)OC[C@H]1OC(=O)/C=C/c1ccc(OC)cc1. The molecule has 5 rings (SSSR count). The Morgan fingerprint density at radius 2 is 1.88 bits per heavy atom. The lowest BCUT2D eigenvalue weighted by Crippen LogP contribution is -2.62. The van der Waals surface area contributed by atoms with E-state index < -0.39 is 23.8 Å². The summed E-state index contributed by atoms with van der Waals surface area (Å²) >= 11 is 0. The molecule has 0 amide bonds. The van der Waals surface area contributed by atoms with Crippen molar-refractivity contribution in [2.24, 2.45) is 22.7 Å². The highest BCUT2D eigenvalue weighted by Gasteiger charge is 2.60. The molecule has 2 saturated carbocycles. The van der Waals surface area contributed by atoms with Crippen LogP contribution in [0.15, 0.2) is 54.1 Å². The van der Waals surface area contributed by atoms with E-state index in [9.17, 15) is 9.59 Å². The molecule has 0 radical (unpaired) electrons. The summed E-state index contributed by atoms with van der Waals surface area (Å²) in [6.45, 7) is 13.9. The highest BCUT2D eigenvalue weighted by atomic mass is 16.7. The van der Waals surface area contributed by atoms with E-state index in [1.54, 1.807) is 13.2 Å². The van der Waals surface area contributed by atoms with Gasteiger partial charge in [-0.25, -0.2) is 9.59 Å². The Bertz CT molecular complexity index is 1210. The average molecular weight is 551 g/mol. The molecule has 2 saturated heterocycles. The zero-order valence-corrected chi connectivity index (χ0v) is 24.4. The van der Waals surface area contributed by atoms with Crippen molar-refractivity contribution in [3.8, 4) is 5.75 Å². The molecule has 0 N–H and O–H groups in total. The molecular weight excluding hydrogens is 508 g/mol. The Balaban J connectivity index is 1.29. The monoisotopic (exact) mass is 550 g/mol. The number of benzene rings is 1. The van der Waals surface area contributed by atoms with Crippen molar-refractivity contribution >= 4 is 18.0 Å². The number of fused-ring (bicyclic) bond motifs is 3. The molecule has 7 nitrogen and oxygen atoms in total. The van der Waals surface area contributed by atoms with Crippen molar-refractivity contribution in [2.45, 2.75) is 77.8 Å². The second kappa shape index (κ2) is 10.8. The van der Waals surface area contributed by atoms with Gasteiger partial charge in [0.05, 0.1) is 25.4 Å². The summed E-state index contributed by atoms with van der Waals surface area (Å²) < 4.78 is 28.7. The molecule has 4 aliphatic rings. The summed E-state index contributed by atoms with van der Waals surface area (Å²) in [5, 5.41) is 0. The van der Waals surface area contributed by atoms with Crippen LogP contribution in [-0.2, 0) is 28.5 Å². The summed E-state index contributed by atoms with van der Waals surface area (Å²) in [5.74, 6) is -0.151. The zero-order chi connectivity index (χ0) is 28.7. The highest BCUT2D eigenvalue weighted by molar-refractivity contribution is 5.93. The maximum atomic E-state index is 12.7. The van der Waals surface area contributed by atoms with Crippen LogP contribution in [0.25, 0.3) is 6.08 Å². The largest absolute Gasteiger partial charge is 0.497 e. The molecule has 4 fully saturated rings. The van der Waals surface area contributed by atoms with Crippen LogP contribution < -0.4 is 4.74 Å².